The molecule has 0 saturated heterocycles. The van der Waals surface area contributed by atoms with Gasteiger partial charge in [-0.1, -0.05) is 0 Å². The molecule has 1 aliphatic carbocycles. The molecule has 1 aliphatic rings. The van der Waals surface area contributed by atoms with Crippen molar-refractivity contribution < 1.29 is 18.7 Å². The summed E-state index contributed by atoms with van der Waals surface area (Å²) in [6, 6.07) is 8.61. The third kappa shape index (κ3) is 6.57. The molecule has 0 radical (unpaired) electrons. The molecule has 1 aromatic carbocycles. The third-order valence-electron chi connectivity index (χ3n) is 7.36. The summed E-state index contributed by atoms with van der Waals surface area (Å²) in [7, 11) is 1.26. The number of hydrogen-bond acceptors (Lipinski definition) is 8. The topological polar surface area (TPSA) is 117 Å². The van der Waals surface area contributed by atoms with Crippen LogP contribution in [0.25, 0.3) is 0 Å². The van der Waals surface area contributed by atoms with Crippen LogP contribution in [0.4, 0.5) is 16.0 Å². The second-order valence-electron chi connectivity index (χ2n) is 9.98. The number of nitrogens with one attached hydrogen (secondary N) is 1. The summed E-state index contributed by atoms with van der Waals surface area (Å²) >= 11 is 0. The Labute approximate surface area is 231 Å². The summed E-state index contributed by atoms with van der Waals surface area (Å²) in [6.07, 6.45) is 10.1. The number of esters is 1. The minimum absolute atomic E-state index is 0.0946. The van der Waals surface area contributed by atoms with Crippen LogP contribution in [0.15, 0.2) is 52.2 Å². The number of anilines is 2. The number of carbonyl (C=O) groups is 1. The van der Waals surface area contributed by atoms with Gasteiger partial charge in [0.05, 0.1) is 25.3 Å². The van der Waals surface area contributed by atoms with E-state index in [2.05, 4.69) is 21.2 Å². The van der Waals surface area contributed by atoms with Crippen molar-refractivity contribution in [1.82, 2.24) is 19.1 Å². The Hall–Kier alpha value is -4.46. The lowest BCUT2D eigenvalue weighted by molar-refractivity contribution is -0.146. The fourth-order valence-electron chi connectivity index (χ4n) is 4.77. The number of benzene rings is 1. The Kier molecular flexibility index (Phi) is 8.99. The number of terminal acetylenes is 1. The van der Waals surface area contributed by atoms with Crippen LogP contribution in [-0.4, -0.2) is 32.2 Å². The van der Waals surface area contributed by atoms with E-state index in [9.17, 15) is 18.8 Å². The quantitative estimate of drug-likeness (QED) is 0.310. The lowest BCUT2D eigenvalue weighted by Gasteiger charge is -2.28. The molecular formula is C29H32FN5O5. The number of methoxy groups -OCH3 is 1. The van der Waals surface area contributed by atoms with E-state index in [0.717, 1.165) is 36.4 Å². The second kappa shape index (κ2) is 12.6. The standard InChI is InChI=1S/C29H32FN5O5/c1-5-20-6-8-21(9-7-20)17-34-27(33-28(37)35(29(34)38)19(3)18(2)26(36)39-4)32-23-11-13-24(14-12-23)40-25-15-10-22(30)16-31-25/h1,10-16,18-21H,6-9,17H2,2-4H3,(H,32,33,37)/t18-,19+,20?,21?/m1/s1. The van der Waals surface area contributed by atoms with E-state index < -0.39 is 35.1 Å². The highest BCUT2D eigenvalue weighted by atomic mass is 19.1. The fourth-order valence-corrected chi connectivity index (χ4v) is 4.77. The van der Waals surface area contributed by atoms with Crippen LogP contribution >= 0.6 is 0 Å². The number of carbonyl (C=O) groups excluding carboxylic acids is 1. The second-order valence-corrected chi connectivity index (χ2v) is 9.98. The van der Waals surface area contributed by atoms with Gasteiger partial charge in [0, 0.05) is 24.2 Å². The minimum Gasteiger partial charge on any atom is -0.469 e. The summed E-state index contributed by atoms with van der Waals surface area (Å²) in [5.74, 6) is 2.26. The molecule has 1 saturated carbocycles. The van der Waals surface area contributed by atoms with Gasteiger partial charge in [0.1, 0.15) is 11.6 Å². The molecule has 0 spiro atoms. The molecule has 210 valence electrons. The molecule has 1 N–H and O–H groups in total. The third-order valence-corrected chi connectivity index (χ3v) is 7.36. The van der Waals surface area contributed by atoms with Crippen molar-refractivity contribution in [1.29, 1.82) is 0 Å². The van der Waals surface area contributed by atoms with Crippen molar-refractivity contribution in [2.75, 3.05) is 12.4 Å². The van der Waals surface area contributed by atoms with Gasteiger partial charge in [-0.2, -0.15) is 4.98 Å². The Balaban J connectivity index is 1.63. The van der Waals surface area contributed by atoms with Gasteiger partial charge >= 0.3 is 17.3 Å². The van der Waals surface area contributed by atoms with E-state index in [1.54, 1.807) is 38.1 Å². The number of ether oxygens (including phenoxy) is 2. The summed E-state index contributed by atoms with van der Waals surface area (Å²) in [6.45, 7) is 3.56. The van der Waals surface area contributed by atoms with Gasteiger partial charge in [0.2, 0.25) is 11.8 Å². The summed E-state index contributed by atoms with van der Waals surface area (Å²) < 4.78 is 26.0. The van der Waals surface area contributed by atoms with Crippen LogP contribution in [0.2, 0.25) is 0 Å². The molecule has 0 bridgehead atoms. The summed E-state index contributed by atoms with van der Waals surface area (Å²) in [4.78, 5) is 47.1. The molecule has 4 rings (SSSR count). The molecule has 3 aromatic rings. The molecule has 0 aliphatic heterocycles. The zero-order valence-corrected chi connectivity index (χ0v) is 22.7. The Morgan fingerprint density at radius 2 is 1.85 bits per heavy atom. The van der Waals surface area contributed by atoms with E-state index in [-0.39, 0.29) is 23.7 Å². The van der Waals surface area contributed by atoms with Crippen molar-refractivity contribution in [2.24, 2.45) is 17.8 Å². The number of aromatic nitrogens is 4. The number of halogens is 1. The molecule has 2 aromatic heterocycles. The lowest BCUT2D eigenvalue weighted by atomic mass is 9.82. The highest BCUT2D eigenvalue weighted by molar-refractivity contribution is 5.72. The minimum atomic E-state index is -0.773. The molecule has 40 heavy (non-hydrogen) atoms. The molecule has 2 atom stereocenters. The average Bonchev–Trinajstić information content (AvgIpc) is 2.96. The van der Waals surface area contributed by atoms with Crippen molar-refractivity contribution in [3.8, 4) is 24.0 Å². The molecule has 0 unspecified atom stereocenters. The maximum atomic E-state index is 13.7. The fraction of sp³-hybridized carbons (Fsp3) is 0.414. The molecule has 1 fully saturated rings. The smallest absolute Gasteiger partial charge is 0.355 e. The maximum Gasteiger partial charge on any atom is 0.355 e. The van der Waals surface area contributed by atoms with E-state index in [4.69, 9.17) is 15.9 Å². The zero-order chi connectivity index (χ0) is 28.8. The van der Waals surface area contributed by atoms with Crippen molar-refractivity contribution in [3.63, 3.8) is 0 Å². The first-order valence-corrected chi connectivity index (χ1v) is 13.1. The SMILES string of the molecule is C#CC1CCC(Cn2c(Nc3ccc(Oc4ccc(F)cn4)cc3)nc(=O)n([C@@H](C)[C@@H](C)C(=O)OC)c2=O)CC1. The van der Waals surface area contributed by atoms with Gasteiger partial charge < -0.3 is 14.8 Å². The lowest BCUT2D eigenvalue weighted by Crippen LogP contribution is -2.47. The zero-order valence-electron chi connectivity index (χ0n) is 22.7. The Bertz CT molecular complexity index is 1490. The molecule has 0 amide bonds. The van der Waals surface area contributed by atoms with Crippen LogP contribution in [0.1, 0.15) is 45.6 Å². The molecule has 11 heteroatoms. The number of hydrogen-bond donors (Lipinski definition) is 1. The van der Waals surface area contributed by atoms with Gasteiger partial charge in [-0.3, -0.25) is 9.36 Å². The first kappa shape index (κ1) is 28.5. The van der Waals surface area contributed by atoms with Crippen LogP contribution in [-0.2, 0) is 16.1 Å². The van der Waals surface area contributed by atoms with Crippen LogP contribution in [0, 0.1) is 35.9 Å². The van der Waals surface area contributed by atoms with Crippen molar-refractivity contribution in [3.05, 3.63) is 69.4 Å². The van der Waals surface area contributed by atoms with E-state index in [1.807, 2.05) is 0 Å². The predicted octanol–water partition coefficient (Wildman–Crippen LogP) is 4.28. The van der Waals surface area contributed by atoms with Crippen molar-refractivity contribution in [2.45, 2.75) is 52.1 Å². The highest BCUT2D eigenvalue weighted by Crippen LogP contribution is 2.30. The monoisotopic (exact) mass is 549 g/mol. The average molecular weight is 550 g/mol. The predicted molar refractivity (Wildman–Crippen MR) is 147 cm³/mol. The number of nitrogens with zero attached hydrogens (tertiary/aromatic N) is 4. The molecular weight excluding hydrogens is 517 g/mol. The first-order valence-electron chi connectivity index (χ1n) is 13.1. The summed E-state index contributed by atoms with van der Waals surface area (Å²) in [5, 5.41) is 3.09. The van der Waals surface area contributed by atoms with Crippen molar-refractivity contribution >= 4 is 17.6 Å². The largest absolute Gasteiger partial charge is 0.469 e. The Morgan fingerprint density at radius 3 is 2.45 bits per heavy atom. The maximum absolute atomic E-state index is 13.7. The van der Waals surface area contributed by atoms with Crippen LogP contribution in [0.3, 0.4) is 0 Å². The highest BCUT2D eigenvalue weighted by Gasteiger charge is 2.28. The van der Waals surface area contributed by atoms with Gasteiger partial charge in [-0.15, -0.1) is 12.3 Å². The van der Waals surface area contributed by atoms with Gasteiger partial charge in [0.25, 0.3) is 0 Å². The number of rotatable bonds is 9. The summed E-state index contributed by atoms with van der Waals surface area (Å²) in [5.41, 5.74) is -0.776. The normalized spacial score (nSPS) is 18.3. The van der Waals surface area contributed by atoms with Crippen LogP contribution in [0.5, 0.6) is 11.6 Å². The number of pyridine rings is 1. The van der Waals surface area contributed by atoms with E-state index in [1.165, 1.54) is 23.8 Å². The molecule has 10 nitrogen and oxygen atoms in total. The first-order chi connectivity index (χ1) is 19.2. The van der Waals surface area contributed by atoms with Crippen LogP contribution < -0.4 is 21.4 Å². The van der Waals surface area contributed by atoms with Gasteiger partial charge in [-0.05, 0) is 75.8 Å². The van der Waals surface area contributed by atoms with E-state index >= 15 is 0 Å². The van der Waals surface area contributed by atoms with Gasteiger partial charge in [-0.25, -0.2) is 23.5 Å². The van der Waals surface area contributed by atoms with Gasteiger partial charge in [0.15, 0.2) is 0 Å². The van der Waals surface area contributed by atoms with E-state index in [0.29, 0.717) is 18.0 Å². The Morgan fingerprint density at radius 1 is 1.15 bits per heavy atom. The molecule has 2 heterocycles.